The minimum absolute atomic E-state index is 0.241. The third-order valence-electron chi connectivity index (χ3n) is 2.93. The van der Waals surface area contributed by atoms with E-state index in [-0.39, 0.29) is 6.10 Å². The number of aliphatic hydroxyl groups excluding tert-OH is 1. The van der Waals surface area contributed by atoms with Crippen molar-refractivity contribution in [1.29, 1.82) is 0 Å². The molecule has 2 unspecified atom stereocenters. The van der Waals surface area contributed by atoms with E-state index in [1.54, 1.807) is 6.20 Å². The zero-order valence-corrected chi connectivity index (χ0v) is 8.80. The lowest BCUT2D eigenvalue weighted by Crippen LogP contribution is -2.21. The molecule has 0 bridgehead atoms. The van der Waals surface area contributed by atoms with Gasteiger partial charge in [-0.3, -0.25) is 4.98 Å². The Kier molecular flexibility index (Phi) is 3.69. The van der Waals surface area contributed by atoms with Gasteiger partial charge in [-0.2, -0.15) is 0 Å². The molecule has 0 saturated carbocycles. The lowest BCUT2D eigenvalue weighted by atomic mass is 9.97. The third kappa shape index (κ3) is 3.01. The molecule has 1 aromatic heterocycles. The first-order valence-electron chi connectivity index (χ1n) is 5.52. The topological polar surface area (TPSA) is 42.4 Å². The number of nitrogens with zero attached hydrogens (tertiary/aromatic N) is 1. The molecule has 1 fully saturated rings. The molecule has 2 heterocycles. The minimum atomic E-state index is -0.241. The van der Waals surface area contributed by atoms with Gasteiger partial charge in [-0.1, -0.05) is 6.07 Å². The number of aliphatic hydroxyl groups is 1. The van der Waals surface area contributed by atoms with Gasteiger partial charge in [-0.25, -0.2) is 0 Å². The summed E-state index contributed by atoms with van der Waals surface area (Å²) in [6.45, 7) is 1.51. The molecule has 82 valence electrons. The quantitative estimate of drug-likeness (QED) is 0.811. The van der Waals surface area contributed by atoms with Crippen molar-refractivity contribution < 1.29 is 9.84 Å². The van der Waals surface area contributed by atoms with E-state index >= 15 is 0 Å². The van der Waals surface area contributed by atoms with E-state index in [2.05, 4.69) is 4.98 Å². The van der Waals surface area contributed by atoms with Gasteiger partial charge in [0, 0.05) is 24.4 Å². The molecule has 1 N–H and O–H groups in total. The van der Waals surface area contributed by atoms with Gasteiger partial charge in [0.2, 0.25) is 0 Å². The second kappa shape index (κ2) is 5.24. The van der Waals surface area contributed by atoms with Gasteiger partial charge in [0.05, 0.1) is 12.7 Å². The molecule has 0 aromatic carbocycles. The maximum Gasteiger partial charge on any atom is 0.0595 e. The molecule has 3 heteroatoms. The predicted molar refractivity (Wildman–Crippen MR) is 57.5 cm³/mol. The molecule has 3 nitrogen and oxygen atoms in total. The number of ether oxygens (including phenoxy) is 1. The summed E-state index contributed by atoms with van der Waals surface area (Å²) in [7, 11) is 0. The van der Waals surface area contributed by atoms with Crippen molar-refractivity contribution in [2.75, 3.05) is 13.2 Å². The van der Waals surface area contributed by atoms with E-state index in [0.29, 0.717) is 12.5 Å². The number of rotatable bonds is 4. The Labute approximate surface area is 90.1 Å². The molecule has 1 aromatic rings. The van der Waals surface area contributed by atoms with Crippen molar-refractivity contribution in [3.05, 3.63) is 30.1 Å². The summed E-state index contributed by atoms with van der Waals surface area (Å²) in [6.07, 6.45) is 4.17. The lowest BCUT2D eigenvalue weighted by molar-refractivity contribution is 0.0848. The molecule has 2 rings (SSSR count). The van der Waals surface area contributed by atoms with Crippen LogP contribution in [0.1, 0.15) is 18.5 Å². The van der Waals surface area contributed by atoms with E-state index < -0.39 is 0 Å². The zero-order valence-electron chi connectivity index (χ0n) is 8.80. The maximum atomic E-state index is 9.90. The molecule has 1 aliphatic heterocycles. The summed E-state index contributed by atoms with van der Waals surface area (Å²) in [5.74, 6) is 0.328. The highest BCUT2D eigenvalue weighted by Gasteiger charge is 2.23. The first-order valence-corrected chi connectivity index (χ1v) is 5.52. The van der Waals surface area contributed by atoms with Crippen LogP contribution in [0.5, 0.6) is 0 Å². The number of aryl methyl sites for hydroxylation is 1. The van der Waals surface area contributed by atoms with Crippen molar-refractivity contribution in [1.82, 2.24) is 4.98 Å². The number of aromatic nitrogens is 1. The Morgan fingerprint density at radius 1 is 1.53 bits per heavy atom. The molecule has 0 radical (unpaired) electrons. The smallest absolute Gasteiger partial charge is 0.0595 e. The lowest BCUT2D eigenvalue weighted by Gasteiger charge is -2.15. The fourth-order valence-electron chi connectivity index (χ4n) is 1.93. The Bertz CT molecular complexity index is 283. The van der Waals surface area contributed by atoms with E-state index in [1.165, 1.54) is 0 Å². The van der Waals surface area contributed by atoms with E-state index in [4.69, 9.17) is 4.74 Å². The van der Waals surface area contributed by atoms with E-state index in [0.717, 1.165) is 31.6 Å². The van der Waals surface area contributed by atoms with Crippen LogP contribution in [0.25, 0.3) is 0 Å². The van der Waals surface area contributed by atoms with Crippen LogP contribution in [0.3, 0.4) is 0 Å². The fourth-order valence-corrected chi connectivity index (χ4v) is 1.93. The Morgan fingerprint density at radius 2 is 2.47 bits per heavy atom. The van der Waals surface area contributed by atoms with Crippen LogP contribution in [0.15, 0.2) is 24.4 Å². The van der Waals surface area contributed by atoms with Gasteiger partial charge in [0.1, 0.15) is 0 Å². The number of hydrogen-bond donors (Lipinski definition) is 1. The normalized spacial score (nSPS) is 22.9. The van der Waals surface area contributed by atoms with E-state index in [9.17, 15) is 5.11 Å². The van der Waals surface area contributed by atoms with Crippen molar-refractivity contribution in [3.63, 3.8) is 0 Å². The first kappa shape index (κ1) is 10.6. The molecule has 15 heavy (non-hydrogen) atoms. The molecular weight excluding hydrogens is 190 g/mol. The largest absolute Gasteiger partial charge is 0.393 e. The van der Waals surface area contributed by atoms with Crippen LogP contribution in [0.4, 0.5) is 0 Å². The standard InChI is InChI=1S/C12H17NO2/c14-12(10-6-8-15-9-10)5-4-11-3-1-2-7-13-11/h1-3,7,10,12,14H,4-6,8-9H2. The summed E-state index contributed by atoms with van der Waals surface area (Å²) in [5, 5.41) is 9.90. The van der Waals surface area contributed by atoms with Gasteiger partial charge in [0.15, 0.2) is 0 Å². The molecule has 0 amide bonds. The summed E-state index contributed by atoms with van der Waals surface area (Å²) in [5.41, 5.74) is 1.05. The molecule has 0 spiro atoms. The Morgan fingerprint density at radius 3 is 3.13 bits per heavy atom. The first-order chi connectivity index (χ1) is 7.36. The van der Waals surface area contributed by atoms with Gasteiger partial charge >= 0.3 is 0 Å². The van der Waals surface area contributed by atoms with Crippen LogP contribution in [0, 0.1) is 5.92 Å². The summed E-state index contributed by atoms with van der Waals surface area (Å²) < 4.78 is 5.25. The molecule has 2 atom stereocenters. The highest BCUT2D eigenvalue weighted by molar-refractivity contribution is 5.03. The SMILES string of the molecule is OC(CCc1ccccn1)C1CCOC1. The highest BCUT2D eigenvalue weighted by Crippen LogP contribution is 2.19. The van der Waals surface area contributed by atoms with Crippen LogP contribution >= 0.6 is 0 Å². The Balaban J connectivity index is 1.77. The summed E-state index contributed by atoms with van der Waals surface area (Å²) >= 11 is 0. The van der Waals surface area contributed by atoms with E-state index in [1.807, 2.05) is 18.2 Å². The molecule has 1 aliphatic rings. The average Bonchev–Trinajstić information content (AvgIpc) is 2.81. The second-order valence-corrected chi connectivity index (χ2v) is 4.05. The van der Waals surface area contributed by atoms with Gasteiger partial charge in [-0.15, -0.1) is 0 Å². The third-order valence-corrected chi connectivity index (χ3v) is 2.93. The van der Waals surface area contributed by atoms with Crippen molar-refractivity contribution in [2.45, 2.75) is 25.4 Å². The summed E-state index contributed by atoms with van der Waals surface area (Å²) in [6, 6.07) is 5.88. The van der Waals surface area contributed by atoms with Gasteiger partial charge < -0.3 is 9.84 Å². The maximum absolute atomic E-state index is 9.90. The van der Waals surface area contributed by atoms with Gasteiger partial charge in [0.25, 0.3) is 0 Å². The highest BCUT2D eigenvalue weighted by atomic mass is 16.5. The molecular formula is C12H17NO2. The Hall–Kier alpha value is -0.930. The van der Waals surface area contributed by atoms with Crippen LogP contribution in [-0.4, -0.2) is 29.4 Å². The van der Waals surface area contributed by atoms with Crippen molar-refractivity contribution >= 4 is 0 Å². The second-order valence-electron chi connectivity index (χ2n) is 4.05. The average molecular weight is 207 g/mol. The fraction of sp³-hybridized carbons (Fsp3) is 0.583. The monoisotopic (exact) mass is 207 g/mol. The van der Waals surface area contributed by atoms with Gasteiger partial charge in [-0.05, 0) is 31.4 Å². The molecule has 1 saturated heterocycles. The van der Waals surface area contributed by atoms with Crippen LogP contribution < -0.4 is 0 Å². The van der Waals surface area contributed by atoms with Crippen molar-refractivity contribution in [2.24, 2.45) is 5.92 Å². The zero-order chi connectivity index (χ0) is 10.5. The predicted octanol–water partition coefficient (Wildman–Crippen LogP) is 1.41. The molecule has 0 aliphatic carbocycles. The van der Waals surface area contributed by atoms with Crippen LogP contribution in [-0.2, 0) is 11.2 Å². The summed E-state index contributed by atoms with van der Waals surface area (Å²) in [4.78, 5) is 4.23. The minimum Gasteiger partial charge on any atom is -0.393 e. The van der Waals surface area contributed by atoms with Crippen molar-refractivity contribution in [3.8, 4) is 0 Å². The number of hydrogen-bond acceptors (Lipinski definition) is 3. The number of pyridine rings is 1. The van der Waals surface area contributed by atoms with Crippen LogP contribution in [0.2, 0.25) is 0 Å².